The fourth-order valence-electron chi connectivity index (χ4n) is 0.847. The highest BCUT2D eigenvalue weighted by Gasteiger charge is 2.15. The highest BCUT2D eigenvalue weighted by atomic mass is 35.7. The summed E-state index contributed by atoms with van der Waals surface area (Å²) in [7, 11) is 0.964. The molecule has 0 aliphatic heterocycles. The molecule has 1 rings (SSSR count). The normalized spacial score (nSPS) is 11.3. The van der Waals surface area contributed by atoms with Crippen molar-refractivity contribution in [2.45, 2.75) is 4.90 Å². The zero-order valence-corrected chi connectivity index (χ0v) is 8.27. The highest BCUT2D eigenvalue weighted by Crippen LogP contribution is 2.17. The zero-order valence-electron chi connectivity index (χ0n) is 6.70. The molecule has 1 aromatic carbocycles. The lowest BCUT2D eigenvalue weighted by molar-refractivity contribution is 0.0996. The smallest absolute Gasteiger partial charge is 0.261 e. The minimum atomic E-state index is -3.99. The Hall–Kier alpha value is -1.14. The van der Waals surface area contributed by atoms with E-state index in [1.807, 2.05) is 0 Å². The summed E-state index contributed by atoms with van der Waals surface area (Å²) in [6.07, 6.45) is 0. The van der Waals surface area contributed by atoms with Gasteiger partial charge in [-0.05, 0) is 18.2 Å². The van der Waals surface area contributed by atoms with E-state index in [1.165, 1.54) is 0 Å². The molecular weight excluding hydrogens is 233 g/mol. The maximum atomic E-state index is 13.0. The second kappa shape index (κ2) is 3.55. The van der Waals surface area contributed by atoms with Gasteiger partial charge in [-0.1, -0.05) is 0 Å². The third-order valence-corrected chi connectivity index (χ3v) is 2.84. The van der Waals surface area contributed by atoms with Crippen LogP contribution in [0.15, 0.2) is 23.1 Å². The van der Waals surface area contributed by atoms with E-state index in [-0.39, 0.29) is 5.56 Å². The monoisotopic (exact) mass is 237 g/mol. The van der Waals surface area contributed by atoms with Gasteiger partial charge in [-0.25, -0.2) is 12.8 Å². The molecular formula is C7H5ClFNO3S. The summed E-state index contributed by atoms with van der Waals surface area (Å²) < 4.78 is 34.5. The Morgan fingerprint density at radius 2 is 2.00 bits per heavy atom. The number of amides is 1. The minimum absolute atomic E-state index is 0.380. The molecule has 0 bridgehead atoms. The lowest BCUT2D eigenvalue weighted by atomic mass is 10.2. The van der Waals surface area contributed by atoms with Crippen molar-refractivity contribution < 1.29 is 17.6 Å². The van der Waals surface area contributed by atoms with Gasteiger partial charge in [0.15, 0.2) is 0 Å². The quantitative estimate of drug-likeness (QED) is 0.775. The average molecular weight is 238 g/mol. The van der Waals surface area contributed by atoms with E-state index in [2.05, 4.69) is 0 Å². The second-order valence-corrected chi connectivity index (χ2v) is 5.01. The Morgan fingerprint density at radius 3 is 2.36 bits per heavy atom. The maximum Gasteiger partial charge on any atom is 0.261 e. The molecule has 1 amide bonds. The molecule has 0 fully saturated rings. The van der Waals surface area contributed by atoms with Crippen LogP contribution in [-0.2, 0) is 9.05 Å². The van der Waals surface area contributed by atoms with Crippen LogP contribution in [0, 0.1) is 5.82 Å². The SMILES string of the molecule is NC(=O)c1ccc(S(=O)(=O)Cl)cc1F. The molecule has 76 valence electrons. The lowest BCUT2D eigenvalue weighted by Gasteiger charge is -1.99. The first-order valence-electron chi connectivity index (χ1n) is 3.36. The van der Waals surface area contributed by atoms with Gasteiger partial charge in [0.2, 0.25) is 0 Å². The van der Waals surface area contributed by atoms with Gasteiger partial charge in [0.05, 0.1) is 10.5 Å². The predicted molar refractivity (Wildman–Crippen MR) is 48.0 cm³/mol. The van der Waals surface area contributed by atoms with Crippen molar-refractivity contribution >= 4 is 25.6 Å². The van der Waals surface area contributed by atoms with Crippen LogP contribution in [0.2, 0.25) is 0 Å². The summed E-state index contributed by atoms with van der Waals surface area (Å²) >= 11 is 0. The Labute approximate surface area is 83.9 Å². The van der Waals surface area contributed by atoms with Crippen molar-refractivity contribution in [2.75, 3.05) is 0 Å². The molecule has 0 unspecified atom stereocenters. The molecule has 0 aromatic heterocycles. The Morgan fingerprint density at radius 1 is 1.43 bits per heavy atom. The molecule has 0 saturated carbocycles. The Kier molecular flexibility index (Phi) is 2.77. The minimum Gasteiger partial charge on any atom is -0.366 e. The maximum absolute atomic E-state index is 13.0. The van der Waals surface area contributed by atoms with Gasteiger partial charge >= 0.3 is 0 Å². The summed E-state index contributed by atoms with van der Waals surface area (Å²) in [6.45, 7) is 0. The molecule has 7 heteroatoms. The largest absolute Gasteiger partial charge is 0.366 e. The van der Waals surface area contributed by atoms with E-state index < -0.39 is 25.7 Å². The number of hydrogen-bond donors (Lipinski definition) is 1. The molecule has 0 atom stereocenters. The third kappa shape index (κ3) is 2.21. The van der Waals surface area contributed by atoms with E-state index in [0.29, 0.717) is 6.07 Å². The Bertz CT molecular complexity index is 486. The number of carbonyl (C=O) groups is 1. The van der Waals surface area contributed by atoms with Crippen molar-refractivity contribution in [1.29, 1.82) is 0 Å². The van der Waals surface area contributed by atoms with Crippen molar-refractivity contribution in [2.24, 2.45) is 5.73 Å². The molecule has 0 saturated heterocycles. The number of benzene rings is 1. The van der Waals surface area contributed by atoms with E-state index in [4.69, 9.17) is 16.4 Å². The summed E-state index contributed by atoms with van der Waals surface area (Å²) in [6, 6.07) is 2.61. The molecule has 0 radical (unpaired) electrons. The molecule has 0 spiro atoms. The fraction of sp³-hybridized carbons (Fsp3) is 0. The van der Waals surface area contributed by atoms with Crippen molar-refractivity contribution in [3.63, 3.8) is 0 Å². The van der Waals surface area contributed by atoms with E-state index in [1.54, 1.807) is 0 Å². The number of nitrogens with two attached hydrogens (primary N) is 1. The fourth-order valence-corrected chi connectivity index (χ4v) is 1.61. The summed E-state index contributed by atoms with van der Waals surface area (Å²) in [5, 5.41) is 0. The van der Waals surface area contributed by atoms with Crippen LogP contribution in [0.25, 0.3) is 0 Å². The number of carbonyl (C=O) groups excluding carboxylic acids is 1. The van der Waals surface area contributed by atoms with Crippen LogP contribution in [0.1, 0.15) is 10.4 Å². The third-order valence-electron chi connectivity index (χ3n) is 1.49. The van der Waals surface area contributed by atoms with E-state index in [9.17, 15) is 17.6 Å². The van der Waals surface area contributed by atoms with Crippen molar-refractivity contribution in [1.82, 2.24) is 0 Å². The van der Waals surface area contributed by atoms with Crippen molar-refractivity contribution in [3.05, 3.63) is 29.6 Å². The summed E-state index contributed by atoms with van der Waals surface area (Å²) in [4.78, 5) is 10.2. The molecule has 1 aromatic rings. The van der Waals surface area contributed by atoms with E-state index in [0.717, 1.165) is 12.1 Å². The molecule has 0 aliphatic rings. The summed E-state index contributed by atoms with van der Waals surface area (Å²) in [5.74, 6) is -1.99. The molecule has 0 aliphatic carbocycles. The van der Waals surface area contributed by atoms with E-state index >= 15 is 0 Å². The van der Waals surface area contributed by atoms with Gasteiger partial charge in [-0.3, -0.25) is 4.79 Å². The predicted octanol–water partition coefficient (Wildman–Crippen LogP) is 0.852. The number of halogens is 2. The number of primary amides is 1. The lowest BCUT2D eigenvalue weighted by Crippen LogP contribution is -2.13. The van der Waals surface area contributed by atoms with Gasteiger partial charge in [-0.15, -0.1) is 0 Å². The number of rotatable bonds is 2. The van der Waals surface area contributed by atoms with Gasteiger partial charge in [0.1, 0.15) is 5.82 Å². The Balaban J connectivity index is 3.34. The van der Waals surface area contributed by atoms with Gasteiger partial charge in [0.25, 0.3) is 15.0 Å². The standard InChI is InChI=1S/C7H5ClFNO3S/c8-14(12,13)4-1-2-5(7(10)11)6(9)3-4/h1-3H,(H2,10,11). The van der Waals surface area contributed by atoms with Crippen molar-refractivity contribution in [3.8, 4) is 0 Å². The first kappa shape index (κ1) is 10.9. The molecule has 14 heavy (non-hydrogen) atoms. The topological polar surface area (TPSA) is 77.2 Å². The van der Waals surface area contributed by atoms with Crippen LogP contribution < -0.4 is 5.73 Å². The highest BCUT2D eigenvalue weighted by molar-refractivity contribution is 8.13. The van der Waals surface area contributed by atoms with Gasteiger partial charge in [-0.2, -0.15) is 0 Å². The van der Waals surface area contributed by atoms with Gasteiger partial charge in [0, 0.05) is 10.7 Å². The zero-order chi connectivity index (χ0) is 10.9. The first-order valence-corrected chi connectivity index (χ1v) is 5.67. The number of hydrogen-bond acceptors (Lipinski definition) is 3. The van der Waals surface area contributed by atoms with Crippen LogP contribution in [0.5, 0.6) is 0 Å². The summed E-state index contributed by atoms with van der Waals surface area (Å²) in [5.41, 5.74) is 4.43. The van der Waals surface area contributed by atoms with Crippen LogP contribution in [0.3, 0.4) is 0 Å². The average Bonchev–Trinajstić information content (AvgIpc) is 2.01. The molecule has 2 N–H and O–H groups in total. The molecule has 4 nitrogen and oxygen atoms in total. The van der Waals surface area contributed by atoms with Gasteiger partial charge < -0.3 is 5.73 Å². The molecule has 0 heterocycles. The first-order chi connectivity index (χ1) is 6.32. The van der Waals surface area contributed by atoms with Crippen LogP contribution in [0.4, 0.5) is 4.39 Å². The van der Waals surface area contributed by atoms with Crippen LogP contribution >= 0.6 is 10.7 Å². The second-order valence-electron chi connectivity index (χ2n) is 2.44. The van der Waals surface area contributed by atoms with Crippen LogP contribution in [-0.4, -0.2) is 14.3 Å².